The molecular weight excluding hydrogens is 332 g/mol. The van der Waals surface area contributed by atoms with Gasteiger partial charge in [-0.1, -0.05) is 28.9 Å². The van der Waals surface area contributed by atoms with Gasteiger partial charge in [0.2, 0.25) is 23.2 Å². The first-order chi connectivity index (χ1) is 11.6. The molecule has 0 aliphatic carbocycles. The molecule has 2 aromatic heterocycles. The molecule has 0 spiro atoms. The van der Waals surface area contributed by atoms with Crippen LogP contribution >= 0.6 is 11.6 Å². The maximum atomic E-state index is 11.9. The van der Waals surface area contributed by atoms with Crippen LogP contribution in [0.15, 0.2) is 51.9 Å². The van der Waals surface area contributed by atoms with Crippen molar-refractivity contribution < 1.29 is 9.32 Å². The number of nitrogens with zero attached hydrogens (tertiary/aromatic N) is 2. The normalized spacial score (nSPS) is 10.5. The summed E-state index contributed by atoms with van der Waals surface area (Å²) in [6.07, 6.45) is 1.73. The molecule has 3 aromatic rings. The lowest BCUT2D eigenvalue weighted by Gasteiger charge is -2.02. The van der Waals surface area contributed by atoms with Crippen LogP contribution in [0.3, 0.4) is 0 Å². The summed E-state index contributed by atoms with van der Waals surface area (Å²) in [7, 11) is 0. The molecule has 1 aromatic carbocycles. The summed E-state index contributed by atoms with van der Waals surface area (Å²) in [5.74, 6) is 0.454. The number of amides is 1. The van der Waals surface area contributed by atoms with E-state index < -0.39 is 0 Å². The quantitative estimate of drug-likeness (QED) is 0.736. The fraction of sp³-hybridized carbons (Fsp3) is 0.125. The summed E-state index contributed by atoms with van der Waals surface area (Å²) in [6, 6.07) is 10.0. The molecule has 24 heavy (non-hydrogen) atoms. The summed E-state index contributed by atoms with van der Waals surface area (Å²) < 4.78 is 5.08. The average Bonchev–Trinajstić information content (AvgIpc) is 3.05. The third-order valence-electron chi connectivity index (χ3n) is 3.23. The van der Waals surface area contributed by atoms with Crippen LogP contribution in [0.2, 0.25) is 5.02 Å². The zero-order valence-corrected chi connectivity index (χ0v) is 13.2. The van der Waals surface area contributed by atoms with E-state index in [1.54, 1.807) is 30.3 Å². The first-order valence-corrected chi connectivity index (χ1v) is 7.51. The lowest BCUT2D eigenvalue weighted by Crippen LogP contribution is -2.24. The Hall–Kier alpha value is -2.93. The maximum absolute atomic E-state index is 11.9. The second-order valence-electron chi connectivity index (χ2n) is 5.03. The van der Waals surface area contributed by atoms with Crippen LogP contribution in [0.5, 0.6) is 0 Å². The van der Waals surface area contributed by atoms with Crippen molar-refractivity contribution in [1.29, 1.82) is 0 Å². The molecule has 0 unspecified atom stereocenters. The third-order valence-corrected chi connectivity index (χ3v) is 3.48. The molecule has 122 valence electrons. The number of nitrogens with one attached hydrogen (secondary N) is 2. The molecule has 1 amide bonds. The molecule has 2 N–H and O–H groups in total. The minimum atomic E-state index is -0.211. The molecule has 0 saturated heterocycles. The highest BCUT2D eigenvalue weighted by atomic mass is 35.5. The van der Waals surface area contributed by atoms with Gasteiger partial charge in [0.1, 0.15) is 0 Å². The van der Waals surface area contributed by atoms with Crippen molar-refractivity contribution in [3.05, 3.63) is 69.4 Å². The van der Waals surface area contributed by atoms with Gasteiger partial charge in [-0.25, -0.2) is 0 Å². The number of halogens is 1. The molecule has 0 saturated carbocycles. The van der Waals surface area contributed by atoms with Crippen molar-refractivity contribution in [1.82, 2.24) is 20.4 Å². The van der Waals surface area contributed by atoms with E-state index in [9.17, 15) is 9.59 Å². The summed E-state index contributed by atoms with van der Waals surface area (Å²) >= 11 is 5.80. The van der Waals surface area contributed by atoms with Gasteiger partial charge < -0.3 is 14.8 Å². The van der Waals surface area contributed by atoms with Gasteiger partial charge >= 0.3 is 0 Å². The second kappa shape index (κ2) is 7.10. The summed E-state index contributed by atoms with van der Waals surface area (Å²) in [6.45, 7) is 0.128. The van der Waals surface area contributed by atoms with Gasteiger partial charge in [-0.05, 0) is 23.8 Å². The number of carbonyl (C=O) groups is 1. The number of H-pyrrole nitrogens is 1. The van der Waals surface area contributed by atoms with Crippen LogP contribution < -0.4 is 10.9 Å². The standard InChI is InChI=1S/C16H13ClN4O3/c17-12-4-1-10(2-5-12)7-14(23)19-9-15-20-16(21-24-15)11-3-6-13(22)18-8-11/h1-6,8H,7,9H2,(H,18,22)(H,19,23). The van der Waals surface area contributed by atoms with Crippen molar-refractivity contribution in [2.24, 2.45) is 0 Å². The van der Waals surface area contributed by atoms with Crippen LogP contribution in [0.1, 0.15) is 11.5 Å². The number of pyridine rings is 1. The average molecular weight is 345 g/mol. The summed E-state index contributed by atoms with van der Waals surface area (Å²) in [4.78, 5) is 29.6. The van der Waals surface area contributed by atoms with Gasteiger partial charge in [-0.15, -0.1) is 0 Å². The van der Waals surface area contributed by atoms with Crippen LogP contribution in [0.25, 0.3) is 11.4 Å². The lowest BCUT2D eigenvalue weighted by atomic mass is 10.1. The van der Waals surface area contributed by atoms with Crippen LogP contribution in [0, 0.1) is 0 Å². The van der Waals surface area contributed by atoms with Gasteiger partial charge in [-0.2, -0.15) is 4.98 Å². The maximum Gasteiger partial charge on any atom is 0.247 e. The van der Waals surface area contributed by atoms with E-state index in [2.05, 4.69) is 20.4 Å². The topological polar surface area (TPSA) is 101 Å². The van der Waals surface area contributed by atoms with Crippen molar-refractivity contribution >= 4 is 17.5 Å². The van der Waals surface area contributed by atoms with Crippen LogP contribution in [-0.2, 0) is 17.8 Å². The Bertz CT molecular complexity index is 882. The van der Waals surface area contributed by atoms with E-state index in [4.69, 9.17) is 16.1 Å². The number of benzene rings is 1. The first kappa shape index (κ1) is 15.9. The first-order valence-electron chi connectivity index (χ1n) is 7.13. The molecule has 0 atom stereocenters. The highest BCUT2D eigenvalue weighted by molar-refractivity contribution is 6.30. The van der Waals surface area contributed by atoms with E-state index in [0.717, 1.165) is 5.56 Å². The summed E-state index contributed by atoms with van der Waals surface area (Å²) in [5, 5.41) is 7.15. The second-order valence-corrected chi connectivity index (χ2v) is 5.47. The molecule has 0 aliphatic rings. The fourth-order valence-corrected chi connectivity index (χ4v) is 2.14. The molecular formula is C16H13ClN4O3. The number of hydrogen-bond acceptors (Lipinski definition) is 5. The Kier molecular flexibility index (Phi) is 4.72. The molecule has 3 rings (SSSR count). The van der Waals surface area contributed by atoms with Gasteiger partial charge in [0.05, 0.1) is 13.0 Å². The molecule has 2 heterocycles. The predicted octanol–water partition coefficient (Wildman–Crippen LogP) is 1.94. The molecule has 7 nitrogen and oxygen atoms in total. The van der Waals surface area contributed by atoms with Crippen molar-refractivity contribution in [2.75, 3.05) is 0 Å². The number of aromatic nitrogens is 3. The van der Waals surface area contributed by atoms with Crippen molar-refractivity contribution in [3.63, 3.8) is 0 Å². The van der Waals surface area contributed by atoms with Gasteiger partial charge in [-0.3, -0.25) is 9.59 Å². The highest BCUT2D eigenvalue weighted by Crippen LogP contribution is 2.13. The zero-order chi connectivity index (χ0) is 16.9. The zero-order valence-electron chi connectivity index (χ0n) is 12.5. The van der Waals surface area contributed by atoms with Gasteiger partial charge in [0.15, 0.2) is 0 Å². The fourth-order valence-electron chi connectivity index (χ4n) is 2.02. The molecule has 0 bridgehead atoms. The molecule has 0 aliphatic heterocycles. The lowest BCUT2D eigenvalue weighted by molar-refractivity contribution is -0.120. The van der Waals surface area contributed by atoms with Gasteiger partial charge in [0.25, 0.3) is 0 Å². The van der Waals surface area contributed by atoms with Crippen LogP contribution in [-0.4, -0.2) is 21.0 Å². The third kappa shape index (κ3) is 4.08. The van der Waals surface area contributed by atoms with Gasteiger partial charge in [0, 0.05) is 22.8 Å². The number of rotatable bonds is 5. The smallest absolute Gasteiger partial charge is 0.247 e. The minimum absolute atomic E-state index is 0.128. The Morgan fingerprint density at radius 2 is 2.00 bits per heavy atom. The monoisotopic (exact) mass is 344 g/mol. The number of carbonyl (C=O) groups excluding carboxylic acids is 1. The highest BCUT2D eigenvalue weighted by Gasteiger charge is 2.10. The molecule has 8 heteroatoms. The number of aromatic amines is 1. The van der Waals surface area contributed by atoms with Crippen molar-refractivity contribution in [3.8, 4) is 11.4 Å². The Morgan fingerprint density at radius 3 is 2.71 bits per heavy atom. The van der Waals surface area contributed by atoms with E-state index >= 15 is 0 Å². The van der Waals surface area contributed by atoms with E-state index in [-0.39, 0.29) is 30.3 Å². The SMILES string of the molecule is O=C(Cc1ccc(Cl)cc1)NCc1nc(-c2ccc(=O)[nH]c2)no1. The van der Waals surface area contributed by atoms with Crippen LogP contribution in [0.4, 0.5) is 0 Å². The van der Waals surface area contributed by atoms with Crippen molar-refractivity contribution in [2.45, 2.75) is 13.0 Å². The van der Waals surface area contributed by atoms with E-state index in [0.29, 0.717) is 16.4 Å². The minimum Gasteiger partial charge on any atom is -0.347 e. The largest absolute Gasteiger partial charge is 0.347 e. The summed E-state index contributed by atoms with van der Waals surface area (Å²) in [5.41, 5.74) is 1.27. The Morgan fingerprint density at radius 1 is 1.21 bits per heavy atom. The number of hydrogen-bond donors (Lipinski definition) is 2. The van der Waals surface area contributed by atoms with E-state index in [1.165, 1.54) is 12.3 Å². The molecule has 0 radical (unpaired) electrons. The Labute approximate surface area is 141 Å². The van der Waals surface area contributed by atoms with E-state index in [1.807, 2.05) is 0 Å². The Balaban J connectivity index is 1.57. The molecule has 0 fully saturated rings. The predicted molar refractivity (Wildman–Crippen MR) is 87.4 cm³/mol.